The second-order valence-electron chi connectivity index (χ2n) is 5.77. The van der Waals surface area contributed by atoms with Crippen LogP contribution in [-0.2, 0) is 27.5 Å². The monoisotopic (exact) mass is 310 g/mol. The van der Waals surface area contributed by atoms with Gasteiger partial charge in [0, 0.05) is 0 Å². The fourth-order valence-electron chi connectivity index (χ4n) is 3.10. The third-order valence-electron chi connectivity index (χ3n) is 4.37. The topological polar surface area (TPSA) is 72.8 Å². The summed E-state index contributed by atoms with van der Waals surface area (Å²) in [5, 5.41) is 9.59. The van der Waals surface area contributed by atoms with Crippen molar-refractivity contribution in [2.24, 2.45) is 0 Å². The molecule has 1 heterocycles. The van der Waals surface area contributed by atoms with Gasteiger partial charge in [0.15, 0.2) is 0 Å². The Balaban J connectivity index is 1.69. The molecule has 2 aromatic rings. The van der Waals surface area contributed by atoms with Crippen LogP contribution in [0.1, 0.15) is 22.6 Å². The van der Waals surface area contributed by atoms with Crippen LogP contribution in [0.4, 0.5) is 0 Å². The Hall–Kier alpha value is -2.66. The minimum Gasteiger partial charge on any atom is -0.478 e. The number of para-hydroxylation sites is 1. The van der Waals surface area contributed by atoms with E-state index >= 15 is 0 Å². The second kappa shape index (κ2) is 4.93. The van der Waals surface area contributed by atoms with Crippen molar-refractivity contribution < 1.29 is 24.2 Å². The zero-order valence-corrected chi connectivity index (χ0v) is 12.2. The minimum atomic E-state index is -1.82. The number of carbonyl (C=O) groups is 2. The number of hydrogen-bond acceptors (Lipinski definition) is 4. The van der Waals surface area contributed by atoms with Crippen LogP contribution in [0.2, 0.25) is 0 Å². The van der Waals surface area contributed by atoms with E-state index in [0.717, 1.165) is 11.1 Å². The molecule has 1 N–H and O–H groups in total. The molecule has 1 fully saturated rings. The average molecular weight is 310 g/mol. The van der Waals surface area contributed by atoms with Crippen molar-refractivity contribution in [2.75, 3.05) is 0 Å². The minimum absolute atomic E-state index is 0.371. The highest BCUT2D eigenvalue weighted by Gasteiger charge is 2.74. The Morgan fingerprint density at radius 3 is 2.61 bits per heavy atom. The predicted octanol–water partition coefficient (Wildman–Crippen LogP) is 2.29. The molecule has 2 atom stereocenters. The van der Waals surface area contributed by atoms with Crippen molar-refractivity contribution in [3.05, 3.63) is 65.2 Å². The standard InChI is InChI=1S/C18H14O5/c19-16-15(11-6-7-12-9-22-10-13(12)8-11)18(16,17(20)21)23-14-4-2-1-3-5-14/h1-8,15H,9-10H2,(H,20,21). The van der Waals surface area contributed by atoms with Crippen LogP contribution in [0.15, 0.2) is 48.5 Å². The van der Waals surface area contributed by atoms with Gasteiger partial charge in [-0.3, -0.25) is 4.79 Å². The molecule has 2 aromatic carbocycles. The first-order valence-electron chi connectivity index (χ1n) is 7.34. The zero-order chi connectivity index (χ0) is 16.0. The van der Waals surface area contributed by atoms with Gasteiger partial charge < -0.3 is 14.6 Å². The summed E-state index contributed by atoms with van der Waals surface area (Å²) >= 11 is 0. The average Bonchev–Trinajstić information content (AvgIpc) is 2.93. The van der Waals surface area contributed by atoms with Crippen LogP contribution >= 0.6 is 0 Å². The van der Waals surface area contributed by atoms with E-state index in [2.05, 4.69) is 0 Å². The lowest BCUT2D eigenvalue weighted by Gasteiger charge is -2.13. The predicted molar refractivity (Wildman–Crippen MR) is 80.1 cm³/mol. The number of Topliss-reactive ketones (excluding diaryl/α,β-unsaturated/α-hetero) is 1. The van der Waals surface area contributed by atoms with Crippen LogP contribution in [0, 0.1) is 0 Å². The maximum atomic E-state index is 12.3. The van der Waals surface area contributed by atoms with Gasteiger partial charge in [0.25, 0.3) is 5.60 Å². The molecule has 0 aromatic heterocycles. The van der Waals surface area contributed by atoms with E-state index in [1.54, 1.807) is 36.4 Å². The van der Waals surface area contributed by atoms with Crippen LogP contribution < -0.4 is 4.74 Å². The van der Waals surface area contributed by atoms with Crippen LogP contribution in [0.5, 0.6) is 5.75 Å². The number of ether oxygens (including phenoxy) is 2. The molecule has 4 rings (SSSR count). The molecule has 5 heteroatoms. The Kier molecular flexibility index (Phi) is 2.99. The lowest BCUT2D eigenvalue weighted by molar-refractivity contribution is -0.149. The zero-order valence-electron chi connectivity index (χ0n) is 12.2. The van der Waals surface area contributed by atoms with Gasteiger partial charge in [0.05, 0.1) is 13.2 Å². The Morgan fingerprint density at radius 2 is 1.87 bits per heavy atom. The summed E-state index contributed by atoms with van der Waals surface area (Å²) in [6.45, 7) is 1.04. The van der Waals surface area contributed by atoms with Crippen molar-refractivity contribution >= 4 is 11.8 Å². The number of carboxylic acids is 1. The van der Waals surface area contributed by atoms with Crippen molar-refractivity contribution in [1.82, 2.24) is 0 Å². The summed E-state index contributed by atoms with van der Waals surface area (Å²) in [4.78, 5) is 24.1. The molecule has 2 aliphatic rings. The highest BCUT2D eigenvalue weighted by molar-refractivity contribution is 6.26. The summed E-state index contributed by atoms with van der Waals surface area (Å²) in [6, 6.07) is 14.1. The van der Waals surface area contributed by atoms with Crippen molar-refractivity contribution in [2.45, 2.75) is 24.7 Å². The van der Waals surface area contributed by atoms with E-state index in [4.69, 9.17) is 9.47 Å². The van der Waals surface area contributed by atoms with E-state index in [1.165, 1.54) is 0 Å². The van der Waals surface area contributed by atoms with Gasteiger partial charge in [-0.1, -0.05) is 36.4 Å². The van der Waals surface area contributed by atoms with Gasteiger partial charge >= 0.3 is 5.97 Å². The Labute approximate surface area is 132 Å². The number of ketones is 1. The first kappa shape index (κ1) is 14.0. The molecular formula is C18H14O5. The number of fused-ring (bicyclic) bond motifs is 1. The summed E-state index contributed by atoms with van der Waals surface area (Å²) in [6.07, 6.45) is 0. The van der Waals surface area contributed by atoms with E-state index in [1.807, 2.05) is 12.1 Å². The van der Waals surface area contributed by atoms with Crippen LogP contribution in [0.25, 0.3) is 0 Å². The lowest BCUT2D eigenvalue weighted by Crippen LogP contribution is -2.33. The van der Waals surface area contributed by atoms with Gasteiger partial charge in [0.2, 0.25) is 5.78 Å². The fraction of sp³-hybridized carbons (Fsp3) is 0.222. The van der Waals surface area contributed by atoms with E-state index < -0.39 is 23.3 Å². The van der Waals surface area contributed by atoms with Crippen molar-refractivity contribution in [3.63, 3.8) is 0 Å². The molecule has 0 bridgehead atoms. The molecule has 0 amide bonds. The molecule has 23 heavy (non-hydrogen) atoms. The van der Waals surface area contributed by atoms with Crippen LogP contribution in [-0.4, -0.2) is 22.5 Å². The second-order valence-corrected chi connectivity index (χ2v) is 5.77. The molecular weight excluding hydrogens is 296 g/mol. The largest absolute Gasteiger partial charge is 0.478 e. The quantitative estimate of drug-likeness (QED) is 0.877. The number of rotatable bonds is 4. The molecule has 2 unspecified atom stereocenters. The highest BCUT2D eigenvalue weighted by Crippen LogP contribution is 2.51. The molecule has 1 saturated carbocycles. The molecule has 0 radical (unpaired) electrons. The fourth-order valence-corrected chi connectivity index (χ4v) is 3.10. The van der Waals surface area contributed by atoms with Crippen LogP contribution in [0.3, 0.4) is 0 Å². The number of carbonyl (C=O) groups excluding carboxylic acids is 1. The van der Waals surface area contributed by atoms with E-state index in [-0.39, 0.29) is 0 Å². The van der Waals surface area contributed by atoms with E-state index in [0.29, 0.717) is 24.5 Å². The molecule has 0 spiro atoms. The van der Waals surface area contributed by atoms with Gasteiger partial charge in [0.1, 0.15) is 11.7 Å². The summed E-state index contributed by atoms with van der Waals surface area (Å²) in [5.74, 6) is -2.10. The Morgan fingerprint density at radius 1 is 1.13 bits per heavy atom. The normalized spacial score (nSPS) is 25.0. The number of aliphatic carboxylic acids is 1. The van der Waals surface area contributed by atoms with Gasteiger partial charge in [-0.15, -0.1) is 0 Å². The smallest absolute Gasteiger partial charge is 0.357 e. The maximum Gasteiger partial charge on any atom is 0.357 e. The SMILES string of the molecule is O=C(O)C1(Oc2ccccc2)C(=O)C1c1ccc2c(c1)COC2. The first-order chi connectivity index (χ1) is 11.1. The van der Waals surface area contributed by atoms with Gasteiger partial charge in [-0.05, 0) is 28.8 Å². The maximum absolute atomic E-state index is 12.3. The molecule has 0 saturated heterocycles. The highest BCUT2D eigenvalue weighted by atomic mass is 16.5. The summed E-state index contributed by atoms with van der Waals surface area (Å²) < 4.78 is 11.0. The lowest BCUT2D eigenvalue weighted by atomic mass is 10.0. The molecule has 116 valence electrons. The Bertz CT molecular complexity index is 798. The molecule has 1 aliphatic heterocycles. The van der Waals surface area contributed by atoms with Crippen molar-refractivity contribution in [3.8, 4) is 5.75 Å². The summed E-state index contributed by atoms with van der Waals surface area (Å²) in [5.41, 5.74) is 0.917. The third kappa shape index (κ3) is 2.04. The molecule has 5 nitrogen and oxygen atoms in total. The number of benzene rings is 2. The number of hydrogen-bond donors (Lipinski definition) is 1. The van der Waals surface area contributed by atoms with Gasteiger partial charge in [-0.25, -0.2) is 4.79 Å². The van der Waals surface area contributed by atoms with E-state index in [9.17, 15) is 14.7 Å². The summed E-state index contributed by atoms with van der Waals surface area (Å²) in [7, 11) is 0. The third-order valence-corrected chi connectivity index (χ3v) is 4.37. The first-order valence-corrected chi connectivity index (χ1v) is 7.34. The molecule has 1 aliphatic carbocycles. The van der Waals surface area contributed by atoms with Crippen molar-refractivity contribution in [1.29, 1.82) is 0 Å². The van der Waals surface area contributed by atoms with Gasteiger partial charge in [-0.2, -0.15) is 0 Å². The number of carboxylic acid groups (broad SMARTS) is 1.